The summed E-state index contributed by atoms with van der Waals surface area (Å²) in [6, 6.07) is 0. The topological polar surface area (TPSA) is 17.1 Å². The lowest BCUT2D eigenvalue weighted by atomic mass is 9.45. The molecule has 3 fully saturated rings. The Hall–Kier alpha value is -0.590. The molecular formula is C24H38O. The molecule has 0 saturated heterocycles. The molecule has 4 rings (SSSR count). The fourth-order valence-electron chi connectivity index (χ4n) is 7.68. The third-order valence-electron chi connectivity index (χ3n) is 9.04. The maximum absolute atomic E-state index is 12.6. The molecule has 0 heterocycles. The van der Waals surface area contributed by atoms with Crippen LogP contribution >= 0.6 is 0 Å². The summed E-state index contributed by atoms with van der Waals surface area (Å²) in [5.74, 6) is 3.76. The predicted octanol–water partition coefficient (Wildman–Crippen LogP) is 6.71. The lowest BCUT2D eigenvalue weighted by molar-refractivity contribution is -0.133. The van der Waals surface area contributed by atoms with Crippen molar-refractivity contribution >= 4 is 5.78 Å². The van der Waals surface area contributed by atoms with Gasteiger partial charge in [0.05, 0.1) is 0 Å². The van der Waals surface area contributed by atoms with Gasteiger partial charge in [0.2, 0.25) is 0 Å². The van der Waals surface area contributed by atoms with E-state index >= 15 is 0 Å². The van der Waals surface area contributed by atoms with E-state index in [1.807, 2.05) is 5.57 Å². The van der Waals surface area contributed by atoms with Crippen molar-refractivity contribution in [3.8, 4) is 0 Å². The van der Waals surface area contributed by atoms with Crippen molar-refractivity contribution in [3.63, 3.8) is 0 Å². The van der Waals surface area contributed by atoms with Gasteiger partial charge in [-0.3, -0.25) is 4.79 Å². The molecule has 4 aliphatic carbocycles. The maximum atomic E-state index is 12.6. The number of ketones is 1. The second-order valence-electron chi connectivity index (χ2n) is 10.2. The summed E-state index contributed by atoms with van der Waals surface area (Å²) in [6.45, 7) is 7.25. The Labute approximate surface area is 155 Å². The highest BCUT2D eigenvalue weighted by atomic mass is 16.1. The first-order valence-electron chi connectivity index (χ1n) is 11.2. The normalized spacial score (nSPS) is 46.2. The number of Topliss-reactive ketones (excluding diaryl/α,β-unsaturated/α-hetero) is 1. The number of allylic oxidation sites excluding steroid dienone is 2. The van der Waals surface area contributed by atoms with Crippen LogP contribution in [0.15, 0.2) is 11.6 Å². The highest BCUT2D eigenvalue weighted by molar-refractivity contribution is 5.87. The molecule has 1 nitrogen and oxygen atoms in total. The van der Waals surface area contributed by atoms with Crippen LogP contribution in [-0.4, -0.2) is 5.78 Å². The number of hydrogen-bond donors (Lipinski definition) is 0. The first-order chi connectivity index (χ1) is 12.0. The number of carbonyl (C=O) groups excluding carboxylic acids is 1. The summed E-state index contributed by atoms with van der Waals surface area (Å²) >= 11 is 0. The van der Waals surface area contributed by atoms with Crippen molar-refractivity contribution in [1.82, 2.24) is 0 Å². The van der Waals surface area contributed by atoms with Gasteiger partial charge in [0.15, 0.2) is 0 Å². The van der Waals surface area contributed by atoms with E-state index in [0.29, 0.717) is 17.1 Å². The quantitative estimate of drug-likeness (QED) is 0.409. The van der Waals surface area contributed by atoms with Crippen LogP contribution in [0.2, 0.25) is 0 Å². The molecule has 6 atom stereocenters. The Morgan fingerprint density at radius 3 is 2.68 bits per heavy atom. The van der Waals surface area contributed by atoms with E-state index in [2.05, 4.69) is 26.8 Å². The van der Waals surface area contributed by atoms with E-state index < -0.39 is 0 Å². The first kappa shape index (κ1) is 17.8. The van der Waals surface area contributed by atoms with Crippen LogP contribution in [0.5, 0.6) is 0 Å². The van der Waals surface area contributed by atoms with Crippen molar-refractivity contribution in [1.29, 1.82) is 0 Å². The number of unbranched alkanes of at least 4 members (excludes halogenated alkanes) is 2. The summed E-state index contributed by atoms with van der Waals surface area (Å²) in [6.07, 6.45) is 18.2. The third-order valence-corrected chi connectivity index (χ3v) is 9.04. The summed E-state index contributed by atoms with van der Waals surface area (Å²) in [5, 5.41) is 0. The highest BCUT2D eigenvalue weighted by Crippen LogP contribution is 2.66. The zero-order valence-electron chi connectivity index (χ0n) is 16.8. The van der Waals surface area contributed by atoms with Gasteiger partial charge >= 0.3 is 0 Å². The van der Waals surface area contributed by atoms with Gasteiger partial charge in [0.25, 0.3) is 0 Å². The van der Waals surface area contributed by atoms with E-state index in [1.54, 1.807) is 0 Å². The monoisotopic (exact) mass is 342 g/mol. The van der Waals surface area contributed by atoms with Gasteiger partial charge in [-0.2, -0.15) is 0 Å². The highest BCUT2D eigenvalue weighted by Gasteiger charge is 2.59. The molecule has 0 aromatic rings. The van der Waals surface area contributed by atoms with Gasteiger partial charge in [0.1, 0.15) is 5.78 Å². The number of fused-ring (bicyclic) bond motifs is 5. The SMILES string of the molecule is CCCCC[C@H]1CC2C3CCC(=O)C3(C)CCC2C2(C)CCCC=C12. The summed E-state index contributed by atoms with van der Waals surface area (Å²) in [5.41, 5.74) is 2.33. The third kappa shape index (κ3) is 2.67. The van der Waals surface area contributed by atoms with Gasteiger partial charge in [0, 0.05) is 11.8 Å². The molecular weight excluding hydrogens is 304 g/mol. The number of rotatable bonds is 4. The largest absolute Gasteiger partial charge is 0.299 e. The van der Waals surface area contributed by atoms with E-state index in [9.17, 15) is 4.79 Å². The Morgan fingerprint density at radius 2 is 1.88 bits per heavy atom. The molecule has 5 unspecified atom stereocenters. The smallest absolute Gasteiger partial charge is 0.139 e. The summed E-state index contributed by atoms with van der Waals surface area (Å²) < 4.78 is 0. The van der Waals surface area contributed by atoms with Gasteiger partial charge in [-0.1, -0.05) is 51.7 Å². The van der Waals surface area contributed by atoms with Crippen LogP contribution < -0.4 is 0 Å². The molecule has 1 heteroatoms. The molecule has 0 aromatic heterocycles. The van der Waals surface area contributed by atoms with Crippen LogP contribution in [0.1, 0.15) is 97.8 Å². The zero-order chi connectivity index (χ0) is 17.7. The molecule has 0 aliphatic heterocycles. The van der Waals surface area contributed by atoms with Crippen molar-refractivity contribution in [3.05, 3.63) is 11.6 Å². The van der Waals surface area contributed by atoms with Crippen LogP contribution in [-0.2, 0) is 4.79 Å². The number of carbonyl (C=O) groups is 1. The minimum Gasteiger partial charge on any atom is -0.299 e. The molecule has 0 spiro atoms. The molecule has 25 heavy (non-hydrogen) atoms. The average molecular weight is 343 g/mol. The molecule has 0 N–H and O–H groups in total. The van der Waals surface area contributed by atoms with Crippen molar-refractivity contribution in [2.24, 2.45) is 34.5 Å². The van der Waals surface area contributed by atoms with E-state index in [0.717, 1.165) is 24.2 Å². The van der Waals surface area contributed by atoms with Crippen LogP contribution in [0.25, 0.3) is 0 Å². The van der Waals surface area contributed by atoms with E-state index in [1.165, 1.54) is 70.6 Å². The van der Waals surface area contributed by atoms with Gasteiger partial charge < -0.3 is 0 Å². The van der Waals surface area contributed by atoms with E-state index in [-0.39, 0.29) is 5.41 Å². The average Bonchev–Trinajstić information content (AvgIpc) is 2.90. The molecule has 0 amide bonds. The molecule has 0 aromatic carbocycles. The summed E-state index contributed by atoms with van der Waals surface area (Å²) in [4.78, 5) is 12.6. The van der Waals surface area contributed by atoms with Crippen molar-refractivity contribution in [2.75, 3.05) is 0 Å². The van der Waals surface area contributed by atoms with Crippen LogP contribution in [0.3, 0.4) is 0 Å². The second kappa shape index (κ2) is 6.54. The minimum atomic E-state index is 0.0291. The molecule has 4 aliphatic rings. The predicted molar refractivity (Wildman–Crippen MR) is 104 cm³/mol. The van der Waals surface area contributed by atoms with Gasteiger partial charge in [-0.05, 0) is 80.5 Å². The molecule has 0 radical (unpaired) electrons. The molecule has 0 bridgehead atoms. The minimum absolute atomic E-state index is 0.0291. The zero-order valence-corrected chi connectivity index (χ0v) is 16.8. The second-order valence-corrected chi connectivity index (χ2v) is 10.2. The Balaban J connectivity index is 1.65. The fraction of sp³-hybridized carbons (Fsp3) is 0.875. The standard InChI is InChI=1S/C24H38O/c1-4-5-6-9-17-16-18-20-11-12-22(25)24(20,3)15-13-21(18)23(2)14-8-7-10-19(17)23/h10,17-18,20-21H,4-9,11-16H2,1-3H3/t17-,18?,20?,21?,23?,24?/m0/s1. The Bertz CT molecular complexity index is 560. The maximum Gasteiger partial charge on any atom is 0.139 e. The molecule has 140 valence electrons. The summed E-state index contributed by atoms with van der Waals surface area (Å²) in [7, 11) is 0. The van der Waals surface area contributed by atoms with Crippen LogP contribution in [0, 0.1) is 34.5 Å². The van der Waals surface area contributed by atoms with E-state index in [4.69, 9.17) is 0 Å². The Kier molecular flexibility index (Phi) is 4.66. The van der Waals surface area contributed by atoms with Crippen molar-refractivity contribution < 1.29 is 4.79 Å². The van der Waals surface area contributed by atoms with Crippen LogP contribution in [0.4, 0.5) is 0 Å². The number of hydrogen-bond acceptors (Lipinski definition) is 1. The lowest BCUT2D eigenvalue weighted by Crippen LogP contribution is -2.52. The fourth-order valence-corrected chi connectivity index (χ4v) is 7.68. The Morgan fingerprint density at radius 1 is 1.08 bits per heavy atom. The van der Waals surface area contributed by atoms with Gasteiger partial charge in [-0.15, -0.1) is 0 Å². The molecule has 3 saturated carbocycles. The lowest BCUT2D eigenvalue weighted by Gasteiger charge is -2.59. The van der Waals surface area contributed by atoms with Gasteiger partial charge in [-0.25, -0.2) is 0 Å². The first-order valence-corrected chi connectivity index (χ1v) is 11.2. The van der Waals surface area contributed by atoms with Crippen molar-refractivity contribution in [2.45, 2.75) is 97.8 Å².